The molecule has 0 bridgehead atoms. The number of benzene rings is 1. The zero-order valence-corrected chi connectivity index (χ0v) is 20.4. The summed E-state index contributed by atoms with van der Waals surface area (Å²) in [7, 11) is 0. The lowest BCUT2D eigenvalue weighted by atomic mass is 9.79. The Morgan fingerprint density at radius 3 is 2.78 bits per heavy atom. The molecular formula is C29H31N7. The second-order valence-electron chi connectivity index (χ2n) is 10.3. The summed E-state index contributed by atoms with van der Waals surface area (Å²) >= 11 is 0. The van der Waals surface area contributed by atoms with Gasteiger partial charge in [-0.1, -0.05) is 24.6 Å². The molecule has 7 rings (SSSR count). The highest BCUT2D eigenvalue weighted by atomic mass is 15.0. The fourth-order valence-electron chi connectivity index (χ4n) is 5.88. The number of H-pyrrole nitrogens is 1. The van der Waals surface area contributed by atoms with Gasteiger partial charge in [0, 0.05) is 52.2 Å². The van der Waals surface area contributed by atoms with Crippen molar-refractivity contribution < 1.29 is 0 Å². The van der Waals surface area contributed by atoms with E-state index in [-0.39, 0.29) is 0 Å². The number of hydrogen-bond donors (Lipinski definition) is 3. The number of para-hydroxylation sites is 1. The van der Waals surface area contributed by atoms with Crippen molar-refractivity contribution in [3.63, 3.8) is 0 Å². The molecule has 7 heteroatoms. The summed E-state index contributed by atoms with van der Waals surface area (Å²) in [5.41, 5.74) is 6.29. The molecule has 1 aliphatic heterocycles. The number of fused-ring (bicyclic) bond motifs is 4. The van der Waals surface area contributed by atoms with Gasteiger partial charge in [0.1, 0.15) is 5.65 Å². The Morgan fingerprint density at radius 1 is 0.917 bits per heavy atom. The van der Waals surface area contributed by atoms with E-state index in [0.717, 1.165) is 70.6 Å². The van der Waals surface area contributed by atoms with Crippen LogP contribution in [0.25, 0.3) is 44.2 Å². The Bertz CT molecular complexity index is 1540. The van der Waals surface area contributed by atoms with Crippen LogP contribution in [0.15, 0.2) is 48.9 Å². The van der Waals surface area contributed by atoms with E-state index >= 15 is 0 Å². The maximum Gasteiger partial charge on any atom is 0.160 e. The summed E-state index contributed by atoms with van der Waals surface area (Å²) in [4.78, 5) is 23.0. The Hall–Kier alpha value is -3.42. The van der Waals surface area contributed by atoms with Crippen LogP contribution in [-0.4, -0.2) is 44.1 Å². The zero-order valence-electron chi connectivity index (χ0n) is 20.4. The average Bonchev–Trinajstić information content (AvgIpc) is 3.06. The molecule has 1 unspecified atom stereocenters. The molecule has 5 aromatic rings. The van der Waals surface area contributed by atoms with Gasteiger partial charge in [-0.25, -0.2) is 15.0 Å². The predicted octanol–water partition coefficient (Wildman–Crippen LogP) is 5.22. The van der Waals surface area contributed by atoms with Gasteiger partial charge in [0.25, 0.3) is 0 Å². The van der Waals surface area contributed by atoms with Crippen LogP contribution in [0.3, 0.4) is 0 Å². The molecule has 3 N–H and O–H groups in total. The van der Waals surface area contributed by atoms with Crippen molar-refractivity contribution in [2.24, 2.45) is 0 Å². The highest BCUT2D eigenvalue weighted by Gasteiger charge is 2.25. The molecule has 5 heterocycles. The van der Waals surface area contributed by atoms with Crippen LogP contribution in [0.5, 0.6) is 0 Å². The number of nitrogens with zero attached hydrogens (tertiary/aromatic N) is 4. The van der Waals surface area contributed by atoms with Crippen LogP contribution in [0, 0.1) is 0 Å². The lowest BCUT2D eigenvalue weighted by Crippen LogP contribution is -2.30. The minimum Gasteiger partial charge on any atom is -0.339 e. The summed E-state index contributed by atoms with van der Waals surface area (Å²) in [6, 6.07) is 10.9. The van der Waals surface area contributed by atoms with Crippen molar-refractivity contribution >= 4 is 32.8 Å². The standard InChI is InChI=1S/C29H31N7/c1-2-9-23-20(8-1)26-21(11-14-32-29(26)34-23)28-35-24-16-31-15-22(18-5-3-6-18)27(24)25(36-28)17-33-19-7-4-12-30-13-10-19/h1-2,8-9,11,14-16,18-19,30,33H,3-7,10,12-13,17H2,(H,32,34). The first kappa shape index (κ1) is 21.8. The SMILES string of the molecule is c1ccc2c(c1)[nH]c1nccc(-c3nc(CNC4CCCNCC4)c4c(C5CCC5)cncc4n3)c12. The van der Waals surface area contributed by atoms with Crippen LogP contribution in [0.1, 0.15) is 55.7 Å². The monoisotopic (exact) mass is 477 g/mol. The van der Waals surface area contributed by atoms with E-state index in [9.17, 15) is 0 Å². The van der Waals surface area contributed by atoms with E-state index in [0.29, 0.717) is 12.0 Å². The minimum atomic E-state index is 0.503. The van der Waals surface area contributed by atoms with Gasteiger partial charge in [-0.05, 0) is 68.8 Å². The summed E-state index contributed by atoms with van der Waals surface area (Å²) in [6.07, 6.45) is 13.1. The van der Waals surface area contributed by atoms with Gasteiger partial charge in [-0.15, -0.1) is 0 Å². The van der Waals surface area contributed by atoms with Gasteiger partial charge in [0.2, 0.25) is 0 Å². The maximum atomic E-state index is 5.26. The van der Waals surface area contributed by atoms with Crippen molar-refractivity contribution in [3.8, 4) is 11.4 Å². The molecule has 1 aliphatic carbocycles. The van der Waals surface area contributed by atoms with Gasteiger partial charge in [0.05, 0.1) is 17.4 Å². The average molecular weight is 478 g/mol. The highest BCUT2D eigenvalue weighted by molar-refractivity contribution is 6.12. The molecule has 7 nitrogen and oxygen atoms in total. The van der Waals surface area contributed by atoms with E-state index in [1.807, 2.05) is 24.5 Å². The van der Waals surface area contributed by atoms with Crippen LogP contribution < -0.4 is 10.6 Å². The van der Waals surface area contributed by atoms with Crippen molar-refractivity contribution in [1.82, 2.24) is 35.6 Å². The minimum absolute atomic E-state index is 0.503. The van der Waals surface area contributed by atoms with Gasteiger partial charge in [-0.3, -0.25) is 4.98 Å². The molecule has 36 heavy (non-hydrogen) atoms. The molecule has 4 aromatic heterocycles. The molecular weight excluding hydrogens is 446 g/mol. The Morgan fingerprint density at radius 2 is 1.86 bits per heavy atom. The molecule has 1 atom stereocenters. The van der Waals surface area contributed by atoms with E-state index in [2.05, 4.69) is 50.0 Å². The van der Waals surface area contributed by atoms with Gasteiger partial charge in [-0.2, -0.15) is 0 Å². The third kappa shape index (κ3) is 3.83. The Kier molecular flexibility index (Phi) is 5.59. The third-order valence-corrected chi connectivity index (χ3v) is 8.03. The van der Waals surface area contributed by atoms with Crippen molar-refractivity contribution in [3.05, 3.63) is 60.2 Å². The zero-order chi connectivity index (χ0) is 23.9. The second kappa shape index (κ2) is 9.22. The molecule has 2 aliphatic rings. The predicted molar refractivity (Wildman–Crippen MR) is 144 cm³/mol. The first-order valence-corrected chi connectivity index (χ1v) is 13.3. The number of pyridine rings is 2. The Labute approximate surface area is 210 Å². The maximum absolute atomic E-state index is 5.26. The number of aromatic nitrogens is 5. The topological polar surface area (TPSA) is 91.4 Å². The van der Waals surface area contributed by atoms with Gasteiger partial charge in [0.15, 0.2) is 5.82 Å². The molecule has 1 saturated carbocycles. The summed E-state index contributed by atoms with van der Waals surface area (Å²) < 4.78 is 0. The fourth-order valence-corrected chi connectivity index (χ4v) is 5.88. The third-order valence-electron chi connectivity index (χ3n) is 8.03. The first-order chi connectivity index (χ1) is 17.8. The van der Waals surface area contributed by atoms with E-state index in [1.54, 1.807) is 0 Å². The molecule has 182 valence electrons. The summed E-state index contributed by atoms with van der Waals surface area (Å²) in [5, 5.41) is 10.8. The smallest absolute Gasteiger partial charge is 0.160 e. The number of aromatic amines is 1. The lowest BCUT2D eigenvalue weighted by molar-refractivity contribution is 0.420. The van der Waals surface area contributed by atoms with Crippen LogP contribution in [0.2, 0.25) is 0 Å². The molecule has 0 radical (unpaired) electrons. The lowest BCUT2D eigenvalue weighted by Gasteiger charge is -2.27. The quantitative estimate of drug-likeness (QED) is 0.321. The summed E-state index contributed by atoms with van der Waals surface area (Å²) in [6.45, 7) is 2.92. The van der Waals surface area contributed by atoms with Crippen molar-refractivity contribution in [1.29, 1.82) is 0 Å². The van der Waals surface area contributed by atoms with Gasteiger partial charge < -0.3 is 15.6 Å². The normalized spacial score (nSPS) is 19.1. The second-order valence-corrected chi connectivity index (χ2v) is 10.3. The van der Waals surface area contributed by atoms with E-state index in [1.165, 1.54) is 43.1 Å². The van der Waals surface area contributed by atoms with Crippen molar-refractivity contribution in [2.45, 2.75) is 57.0 Å². The number of rotatable bonds is 5. The van der Waals surface area contributed by atoms with Gasteiger partial charge >= 0.3 is 0 Å². The molecule has 2 fully saturated rings. The largest absolute Gasteiger partial charge is 0.339 e. The highest BCUT2D eigenvalue weighted by Crippen LogP contribution is 2.40. The Balaban J connectivity index is 1.38. The first-order valence-electron chi connectivity index (χ1n) is 13.3. The molecule has 0 amide bonds. The summed E-state index contributed by atoms with van der Waals surface area (Å²) in [5.74, 6) is 1.31. The molecule has 1 saturated heterocycles. The van der Waals surface area contributed by atoms with Crippen molar-refractivity contribution in [2.75, 3.05) is 13.1 Å². The van der Waals surface area contributed by atoms with Crippen LogP contribution in [0.4, 0.5) is 0 Å². The number of nitrogens with one attached hydrogen (secondary N) is 3. The fraction of sp³-hybridized carbons (Fsp3) is 0.379. The molecule has 0 spiro atoms. The number of hydrogen-bond acceptors (Lipinski definition) is 6. The van der Waals surface area contributed by atoms with Crippen LogP contribution >= 0.6 is 0 Å². The van der Waals surface area contributed by atoms with E-state index < -0.39 is 0 Å². The van der Waals surface area contributed by atoms with Crippen LogP contribution in [-0.2, 0) is 6.54 Å². The molecule has 1 aromatic carbocycles. The van der Waals surface area contributed by atoms with E-state index in [4.69, 9.17) is 9.97 Å².